The van der Waals surface area contributed by atoms with Crippen molar-refractivity contribution in [2.75, 3.05) is 25.2 Å². The number of pyridine rings is 1. The first-order chi connectivity index (χ1) is 10.3. The Labute approximate surface area is 123 Å². The SMILES string of the molecule is CCOCCCNC(=O)c1cc(NN)c2ccccc2n1. The maximum absolute atomic E-state index is 12.1. The minimum absolute atomic E-state index is 0.214. The third kappa shape index (κ3) is 3.90. The van der Waals surface area contributed by atoms with E-state index in [1.807, 2.05) is 31.2 Å². The maximum atomic E-state index is 12.1. The molecule has 0 aliphatic carbocycles. The largest absolute Gasteiger partial charge is 0.382 e. The Kier molecular flexibility index (Phi) is 5.48. The summed E-state index contributed by atoms with van der Waals surface area (Å²) >= 11 is 0. The number of benzene rings is 1. The summed E-state index contributed by atoms with van der Waals surface area (Å²) < 4.78 is 5.22. The minimum atomic E-state index is -0.214. The van der Waals surface area contributed by atoms with Gasteiger partial charge in [0.15, 0.2) is 0 Å². The fraction of sp³-hybridized carbons (Fsp3) is 0.333. The number of fused-ring (bicyclic) bond motifs is 1. The van der Waals surface area contributed by atoms with Crippen LogP contribution in [0, 0.1) is 0 Å². The van der Waals surface area contributed by atoms with E-state index in [1.165, 1.54) is 0 Å². The lowest BCUT2D eigenvalue weighted by molar-refractivity contribution is 0.0939. The zero-order valence-corrected chi connectivity index (χ0v) is 12.1. The molecule has 0 fully saturated rings. The first-order valence-electron chi connectivity index (χ1n) is 6.98. The minimum Gasteiger partial charge on any atom is -0.382 e. The average molecular weight is 288 g/mol. The molecule has 0 saturated carbocycles. The number of rotatable bonds is 7. The lowest BCUT2D eigenvalue weighted by atomic mass is 10.1. The molecule has 0 bridgehead atoms. The molecule has 1 amide bonds. The van der Waals surface area contributed by atoms with Crippen LogP contribution in [0.4, 0.5) is 5.69 Å². The highest BCUT2D eigenvalue weighted by Crippen LogP contribution is 2.22. The second kappa shape index (κ2) is 7.56. The number of carbonyl (C=O) groups excluding carboxylic acids is 1. The number of para-hydroxylation sites is 1. The fourth-order valence-corrected chi connectivity index (χ4v) is 2.02. The number of nitrogen functional groups attached to an aromatic ring is 1. The van der Waals surface area contributed by atoms with Gasteiger partial charge in [-0.05, 0) is 25.5 Å². The fourth-order valence-electron chi connectivity index (χ4n) is 2.02. The molecule has 0 saturated heterocycles. The summed E-state index contributed by atoms with van der Waals surface area (Å²) in [4.78, 5) is 16.5. The molecule has 0 atom stereocenters. The molecule has 4 N–H and O–H groups in total. The van der Waals surface area contributed by atoms with E-state index in [1.54, 1.807) is 6.07 Å². The summed E-state index contributed by atoms with van der Waals surface area (Å²) in [6.45, 7) is 3.82. The monoisotopic (exact) mass is 288 g/mol. The molecular weight excluding hydrogens is 268 g/mol. The van der Waals surface area contributed by atoms with Crippen molar-refractivity contribution in [3.63, 3.8) is 0 Å². The molecule has 1 heterocycles. The van der Waals surface area contributed by atoms with E-state index in [-0.39, 0.29) is 5.91 Å². The summed E-state index contributed by atoms with van der Waals surface area (Å²) in [7, 11) is 0. The summed E-state index contributed by atoms with van der Waals surface area (Å²) in [5, 5.41) is 3.71. The summed E-state index contributed by atoms with van der Waals surface area (Å²) in [6.07, 6.45) is 0.773. The van der Waals surface area contributed by atoms with Crippen molar-refractivity contribution in [1.29, 1.82) is 0 Å². The number of nitrogens with one attached hydrogen (secondary N) is 2. The highest BCUT2D eigenvalue weighted by atomic mass is 16.5. The van der Waals surface area contributed by atoms with E-state index >= 15 is 0 Å². The third-order valence-corrected chi connectivity index (χ3v) is 3.06. The van der Waals surface area contributed by atoms with E-state index < -0.39 is 0 Å². The predicted molar refractivity (Wildman–Crippen MR) is 83.0 cm³/mol. The van der Waals surface area contributed by atoms with Crippen molar-refractivity contribution in [3.8, 4) is 0 Å². The van der Waals surface area contributed by atoms with Gasteiger partial charge in [-0.3, -0.25) is 10.6 Å². The van der Waals surface area contributed by atoms with Crippen LogP contribution >= 0.6 is 0 Å². The van der Waals surface area contributed by atoms with Crippen LogP contribution in [0.15, 0.2) is 30.3 Å². The highest BCUT2D eigenvalue weighted by molar-refractivity contribution is 5.99. The zero-order chi connectivity index (χ0) is 15.1. The lowest BCUT2D eigenvalue weighted by Gasteiger charge is -2.09. The van der Waals surface area contributed by atoms with E-state index in [9.17, 15) is 4.79 Å². The van der Waals surface area contributed by atoms with Crippen LogP contribution in [-0.4, -0.2) is 30.6 Å². The van der Waals surface area contributed by atoms with Crippen LogP contribution in [0.2, 0.25) is 0 Å². The van der Waals surface area contributed by atoms with Crippen LogP contribution in [-0.2, 0) is 4.74 Å². The van der Waals surface area contributed by atoms with Gasteiger partial charge in [-0.1, -0.05) is 18.2 Å². The van der Waals surface area contributed by atoms with Crippen LogP contribution in [0.1, 0.15) is 23.8 Å². The molecule has 0 unspecified atom stereocenters. The molecule has 21 heavy (non-hydrogen) atoms. The van der Waals surface area contributed by atoms with Crippen molar-refractivity contribution in [3.05, 3.63) is 36.0 Å². The standard InChI is InChI=1S/C15H20N4O2/c1-2-21-9-5-8-17-15(20)14-10-13(19-16)11-6-3-4-7-12(11)18-14/h3-4,6-7,10H,2,5,8-9,16H2,1H3,(H,17,20)(H,18,19). The number of aromatic nitrogens is 1. The maximum Gasteiger partial charge on any atom is 0.269 e. The summed E-state index contributed by atoms with van der Waals surface area (Å²) in [5.41, 5.74) is 4.36. The smallest absolute Gasteiger partial charge is 0.269 e. The van der Waals surface area contributed by atoms with E-state index in [0.29, 0.717) is 31.1 Å². The molecule has 112 valence electrons. The molecule has 0 aliphatic rings. The van der Waals surface area contributed by atoms with Crippen molar-refractivity contribution < 1.29 is 9.53 Å². The van der Waals surface area contributed by atoms with Gasteiger partial charge in [0.25, 0.3) is 5.91 Å². The Morgan fingerprint density at radius 1 is 1.38 bits per heavy atom. The number of carbonyl (C=O) groups is 1. The first kappa shape index (κ1) is 15.2. The van der Waals surface area contributed by atoms with Gasteiger partial charge in [-0.15, -0.1) is 0 Å². The number of anilines is 1. The molecule has 6 nitrogen and oxygen atoms in total. The highest BCUT2D eigenvalue weighted by Gasteiger charge is 2.11. The number of hydrogen-bond donors (Lipinski definition) is 3. The first-order valence-corrected chi connectivity index (χ1v) is 6.98. The number of hydrogen-bond acceptors (Lipinski definition) is 5. The Bertz CT molecular complexity index is 616. The van der Waals surface area contributed by atoms with Crippen LogP contribution in [0.5, 0.6) is 0 Å². The Hall–Kier alpha value is -2.18. The molecule has 0 spiro atoms. The summed E-state index contributed by atoms with van der Waals surface area (Å²) in [6, 6.07) is 9.18. The van der Waals surface area contributed by atoms with Gasteiger partial charge in [0.05, 0.1) is 11.2 Å². The Morgan fingerprint density at radius 2 is 2.19 bits per heavy atom. The summed E-state index contributed by atoms with van der Waals surface area (Å²) in [5.74, 6) is 5.30. The number of nitrogens with zero attached hydrogens (tertiary/aromatic N) is 1. The molecule has 0 radical (unpaired) electrons. The van der Waals surface area contributed by atoms with E-state index in [2.05, 4.69) is 15.7 Å². The second-order valence-electron chi connectivity index (χ2n) is 4.52. The number of nitrogens with two attached hydrogens (primary N) is 1. The molecule has 2 rings (SSSR count). The topological polar surface area (TPSA) is 89.3 Å². The molecule has 0 aliphatic heterocycles. The van der Waals surface area contributed by atoms with Gasteiger partial charge in [-0.25, -0.2) is 4.98 Å². The van der Waals surface area contributed by atoms with Gasteiger partial charge in [-0.2, -0.15) is 0 Å². The third-order valence-electron chi connectivity index (χ3n) is 3.06. The lowest BCUT2D eigenvalue weighted by Crippen LogP contribution is -2.26. The van der Waals surface area contributed by atoms with Gasteiger partial charge >= 0.3 is 0 Å². The van der Waals surface area contributed by atoms with E-state index in [4.69, 9.17) is 10.6 Å². The molecule has 2 aromatic rings. The molecule has 1 aromatic carbocycles. The predicted octanol–water partition coefficient (Wildman–Crippen LogP) is 1.68. The second-order valence-corrected chi connectivity index (χ2v) is 4.52. The van der Waals surface area contributed by atoms with Crippen LogP contribution < -0.4 is 16.6 Å². The van der Waals surface area contributed by atoms with Crippen molar-refractivity contribution in [2.45, 2.75) is 13.3 Å². The van der Waals surface area contributed by atoms with Gasteiger partial charge < -0.3 is 15.5 Å². The van der Waals surface area contributed by atoms with Gasteiger partial charge in [0, 0.05) is 25.1 Å². The number of amides is 1. The molecular formula is C15H20N4O2. The zero-order valence-electron chi connectivity index (χ0n) is 12.1. The van der Waals surface area contributed by atoms with Crippen molar-refractivity contribution >= 4 is 22.5 Å². The average Bonchev–Trinajstić information content (AvgIpc) is 2.53. The number of ether oxygens (including phenoxy) is 1. The quantitative estimate of drug-likeness (QED) is 0.410. The Morgan fingerprint density at radius 3 is 2.95 bits per heavy atom. The van der Waals surface area contributed by atoms with Crippen molar-refractivity contribution in [1.82, 2.24) is 10.3 Å². The van der Waals surface area contributed by atoms with E-state index in [0.717, 1.165) is 17.3 Å². The van der Waals surface area contributed by atoms with Crippen LogP contribution in [0.25, 0.3) is 10.9 Å². The molecule has 6 heteroatoms. The Balaban J connectivity index is 2.09. The van der Waals surface area contributed by atoms with Gasteiger partial charge in [0.1, 0.15) is 5.69 Å². The molecule has 1 aromatic heterocycles. The van der Waals surface area contributed by atoms with Gasteiger partial charge in [0.2, 0.25) is 0 Å². The normalized spacial score (nSPS) is 10.6. The number of hydrazine groups is 1. The van der Waals surface area contributed by atoms with Crippen LogP contribution in [0.3, 0.4) is 0 Å². The van der Waals surface area contributed by atoms with Crippen molar-refractivity contribution in [2.24, 2.45) is 5.84 Å².